The zero-order valence-corrected chi connectivity index (χ0v) is 17.0. The van der Waals surface area contributed by atoms with E-state index in [-0.39, 0.29) is 12.0 Å². The lowest BCUT2D eigenvalue weighted by Crippen LogP contribution is -2.36. The number of hydrogen-bond acceptors (Lipinski definition) is 8. The fraction of sp³-hybridized carbons (Fsp3) is 0.273. The first-order valence-corrected chi connectivity index (χ1v) is 10.1. The highest BCUT2D eigenvalue weighted by Crippen LogP contribution is 2.29. The van der Waals surface area contributed by atoms with Crippen molar-refractivity contribution in [3.05, 3.63) is 70.1 Å². The van der Waals surface area contributed by atoms with Gasteiger partial charge in [0, 0.05) is 24.7 Å². The molecule has 1 fully saturated rings. The number of para-hydroxylation sites is 1. The third kappa shape index (κ3) is 3.75. The second-order valence-corrected chi connectivity index (χ2v) is 7.24. The van der Waals surface area contributed by atoms with Gasteiger partial charge < -0.3 is 18.8 Å². The Kier molecular flexibility index (Phi) is 5.09. The standard InChI is InChI=1S/C22H21N5O4/c1-15-19(30-14-20-23-24-25-27(20)16-5-3-2-4-6-16)8-7-17-18(28)13-21(31-22(15)17)26-9-11-29-12-10-26/h2-8,13H,9-12,14H2,1H3. The summed E-state index contributed by atoms with van der Waals surface area (Å²) in [6, 6.07) is 14.7. The Hall–Kier alpha value is -3.72. The van der Waals surface area contributed by atoms with Gasteiger partial charge >= 0.3 is 0 Å². The van der Waals surface area contributed by atoms with Crippen LogP contribution in [0.1, 0.15) is 11.4 Å². The quantitative estimate of drug-likeness (QED) is 0.487. The number of rotatable bonds is 5. The molecule has 2 aromatic carbocycles. The molecule has 0 bridgehead atoms. The lowest BCUT2D eigenvalue weighted by molar-refractivity contribution is 0.121. The largest absolute Gasteiger partial charge is 0.485 e. The van der Waals surface area contributed by atoms with Crippen molar-refractivity contribution in [1.29, 1.82) is 0 Å². The van der Waals surface area contributed by atoms with Crippen molar-refractivity contribution in [2.24, 2.45) is 0 Å². The zero-order chi connectivity index (χ0) is 21.2. The van der Waals surface area contributed by atoms with Gasteiger partial charge in [0.2, 0.25) is 0 Å². The van der Waals surface area contributed by atoms with Crippen LogP contribution in [0, 0.1) is 6.92 Å². The van der Waals surface area contributed by atoms with Gasteiger partial charge in [-0.3, -0.25) is 4.79 Å². The topological polar surface area (TPSA) is 95.5 Å². The van der Waals surface area contributed by atoms with Crippen molar-refractivity contribution in [1.82, 2.24) is 20.2 Å². The van der Waals surface area contributed by atoms with E-state index < -0.39 is 0 Å². The van der Waals surface area contributed by atoms with Gasteiger partial charge in [-0.2, -0.15) is 4.68 Å². The summed E-state index contributed by atoms with van der Waals surface area (Å²) in [4.78, 5) is 14.7. The number of hydrogen-bond donors (Lipinski definition) is 0. The summed E-state index contributed by atoms with van der Waals surface area (Å²) in [6.45, 7) is 4.64. The van der Waals surface area contributed by atoms with Crippen molar-refractivity contribution < 1.29 is 13.9 Å². The smallest absolute Gasteiger partial charge is 0.200 e. The van der Waals surface area contributed by atoms with E-state index in [1.165, 1.54) is 0 Å². The van der Waals surface area contributed by atoms with E-state index in [0.29, 0.717) is 54.7 Å². The number of aromatic nitrogens is 4. The minimum atomic E-state index is -0.0783. The second kappa shape index (κ2) is 8.19. The molecule has 1 aliphatic heterocycles. The molecule has 158 valence electrons. The van der Waals surface area contributed by atoms with Crippen LogP contribution in [0.3, 0.4) is 0 Å². The van der Waals surface area contributed by atoms with Gasteiger partial charge in [0.05, 0.1) is 24.3 Å². The molecule has 0 saturated carbocycles. The molecule has 0 radical (unpaired) electrons. The number of fused-ring (bicyclic) bond motifs is 1. The molecule has 5 rings (SSSR count). The van der Waals surface area contributed by atoms with Crippen molar-refractivity contribution in [3.63, 3.8) is 0 Å². The van der Waals surface area contributed by atoms with Gasteiger partial charge in [0.25, 0.3) is 0 Å². The van der Waals surface area contributed by atoms with Gasteiger partial charge in [0.15, 0.2) is 17.1 Å². The number of ether oxygens (including phenoxy) is 2. The molecule has 0 amide bonds. The van der Waals surface area contributed by atoms with Crippen LogP contribution in [0.5, 0.6) is 5.75 Å². The Labute approximate surface area is 177 Å². The molecule has 0 aliphatic carbocycles. The third-order valence-corrected chi connectivity index (χ3v) is 5.30. The van der Waals surface area contributed by atoms with Crippen LogP contribution >= 0.6 is 0 Å². The molecule has 1 saturated heterocycles. The number of nitrogens with zero attached hydrogens (tertiary/aromatic N) is 5. The van der Waals surface area contributed by atoms with Gasteiger partial charge in [-0.25, -0.2) is 0 Å². The number of benzene rings is 2. The van der Waals surface area contributed by atoms with Crippen LogP contribution in [0.15, 0.2) is 57.7 Å². The van der Waals surface area contributed by atoms with E-state index in [2.05, 4.69) is 15.5 Å². The molecule has 9 nitrogen and oxygen atoms in total. The minimum Gasteiger partial charge on any atom is -0.485 e. The molecule has 2 aromatic heterocycles. The first-order chi connectivity index (χ1) is 15.2. The summed E-state index contributed by atoms with van der Waals surface area (Å²) >= 11 is 0. The maximum atomic E-state index is 12.7. The molecule has 4 aromatic rings. The highest BCUT2D eigenvalue weighted by Gasteiger charge is 2.18. The molecule has 3 heterocycles. The van der Waals surface area contributed by atoms with Crippen LogP contribution < -0.4 is 15.1 Å². The Bertz CT molecular complexity index is 1260. The van der Waals surface area contributed by atoms with Crippen molar-refractivity contribution in [3.8, 4) is 11.4 Å². The number of aryl methyl sites for hydroxylation is 1. The first-order valence-electron chi connectivity index (χ1n) is 10.1. The lowest BCUT2D eigenvalue weighted by atomic mass is 10.1. The Morgan fingerprint density at radius 1 is 1.10 bits per heavy atom. The zero-order valence-electron chi connectivity index (χ0n) is 17.0. The number of anilines is 1. The molecular weight excluding hydrogens is 398 g/mol. The van der Waals surface area contributed by atoms with E-state index in [0.717, 1.165) is 11.3 Å². The average Bonchev–Trinajstić information content (AvgIpc) is 3.29. The fourth-order valence-electron chi connectivity index (χ4n) is 3.63. The molecule has 0 atom stereocenters. The average molecular weight is 419 g/mol. The van der Waals surface area contributed by atoms with Crippen LogP contribution in [0.4, 0.5) is 5.88 Å². The molecule has 9 heteroatoms. The van der Waals surface area contributed by atoms with Crippen LogP contribution in [0.2, 0.25) is 0 Å². The van der Waals surface area contributed by atoms with Crippen molar-refractivity contribution in [2.75, 3.05) is 31.2 Å². The van der Waals surface area contributed by atoms with Gasteiger partial charge in [0.1, 0.15) is 17.9 Å². The monoisotopic (exact) mass is 419 g/mol. The first kappa shape index (κ1) is 19.3. The Morgan fingerprint density at radius 2 is 1.90 bits per heavy atom. The van der Waals surface area contributed by atoms with E-state index >= 15 is 0 Å². The summed E-state index contributed by atoms with van der Waals surface area (Å²) in [6.07, 6.45) is 0. The number of tetrazole rings is 1. The highest BCUT2D eigenvalue weighted by atomic mass is 16.5. The fourth-order valence-corrected chi connectivity index (χ4v) is 3.63. The normalized spacial score (nSPS) is 14.2. The van der Waals surface area contributed by atoms with Crippen LogP contribution in [-0.2, 0) is 11.3 Å². The SMILES string of the molecule is Cc1c(OCc2nnnn2-c2ccccc2)ccc2c(=O)cc(N3CCOCC3)oc12. The summed E-state index contributed by atoms with van der Waals surface area (Å²) in [5.74, 6) is 1.72. The molecule has 1 aliphatic rings. The molecule has 0 unspecified atom stereocenters. The van der Waals surface area contributed by atoms with Crippen LogP contribution in [-0.4, -0.2) is 46.5 Å². The summed E-state index contributed by atoms with van der Waals surface area (Å²) in [5, 5.41) is 12.4. The minimum absolute atomic E-state index is 0.0783. The predicted octanol–water partition coefficient (Wildman–Crippen LogP) is 2.49. The Balaban J connectivity index is 1.44. The van der Waals surface area contributed by atoms with Crippen molar-refractivity contribution in [2.45, 2.75) is 13.5 Å². The van der Waals surface area contributed by atoms with E-state index in [4.69, 9.17) is 13.9 Å². The molecule has 0 spiro atoms. The number of morpholine rings is 1. The van der Waals surface area contributed by atoms with Gasteiger partial charge in [-0.05, 0) is 41.6 Å². The van der Waals surface area contributed by atoms with E-state index in [1.54, 1.807) is 22.9 Å². The van der Waals surface area contributed by atoms with Gasteiger partial charge in [-0.15, -0.1) is 5.10 Å². The highest BCUT2D eigenvalue weighted by molar-refractivity contribution is 5.82. The Morgan fingerprint density at radius 3 is 2.71 bits per heavy atom. The van der Waals surface area contributed by atoms with E-state index in [1.807, 2.05) is 42.2 Å². The summed E-state index contributed by atoms with van der Waals surface area (Å²) in [5.41, 5.74) is 2.05. The maximum Gasteiger partial charge on any atom is 0.200 e. The van der Waals surface area contributed by atoms with Crippen LogP contribution in [0.25, 0.3) is 16.7 Å². The van der Waals surface area contributed by atoms with E-state index in [9.17, 15) is 4.79 Å². The summed E-state index contributed by atoms with van der Waals surface area (Å²) in [7, 11) is 0. The third-order valence-electron chi connectivity index (χ3n) is 5.30. The molecule has 31 heavy (non-hydrogen) atoms. The summed E-state index contributed by atoms with van der Waals surface area (Å²) < 4.78 is 19.2. The predicted molar refractivity (Wildman–Crippen MR) is 114 cm³/mol. The van der Waals surface area contributed by atoms with Gasteiger partial charge in [-0.1, -0.05) is 18.2 Å². The molecule has 0 N–H and O–H groups in total. The van der Waals surface area contributed by atoms with Crippen molar-refractivity contribution >= 4 is 16.9 Å². The second-order valence-electron chi connectivity index (χ2n) is 7.24. The maximum absolute atomic E-state index is 12.7. The molecular formula is C22H21N5O4. The lowest BCUT2D eigenvalue weighted by Gasteiger charge is -2.27.